The van der Waals surface area contributed by atoms with Gasteiger partial charge in [-0.05, 0) is 23.4 Å². The first kappa shape index (κ1) is 14.6. The molecular formula is C14H12ClNO3S. The number of amides is 1. The van der Waals surface area contributed by atoms with Gasteiger partial charge in [-0.25, -0.2) is 4.79 Å². The lowest BCUT2D eigenvalue weighted by Gasteiger charge is -2.14. The van der Waals surface area contributed by atoms with Crippen LogP contribution in [0.3, 0.4) is 0 Å². The highest BCUT2D eigenvalue weighted by Crippen LogP contribution is 2.27. The number of thiophene rings is 1. The smallest absolute Gasteiger partial charge is 0.330 e. The van der Waals surface area contributed by atoms with Gasteiger partial charge in [0.2, 0.25) is 0 Å². The lowest BCUT2D eigenvalue weighted by atomic mass is 10.1. The SMILES string of the molecule is Cc1csc(C(=O)N[C@H](C(=O)O)c2ccccc2)c1Cl. The Morgan fingerprint density at radius 3 is 2.45 bits per heavy atom. The summed E-state index contributed by atoms with van der Waals surface area (Å²) in [7, 11) is 0. The minimum Gasteiger partial charge on any atom is -0.479 e. The Kier molecular flexibility index (Phi) is 4.42. The fourth-order valence-electron chi connectivity index (χ4n) is 1.71. The molecule has 1 heterocycles. The summed E-state index contributed by atoms with van der Waals surface area (Å²) in [6.45, 7) is 1.79. The van der Waals surface area contributed by atoms with E-state index in [4.69, 9.17) is 11.6 Å². The van der Waals surface area contributed by atoms with Gasteiger partial charge in [0, 0.05) is 0 Å². The van der Waals surface area contributed by atoms with Gasteiger partial charge in [0.15, 0.2) is 6.04 Å². The molecule has 1 aromatic heterocycles. The van der Waals surface area contributed by atoms with Gasteiger partial charge in [0.05, 0.1) is 5.02 Å². The van der Waals surface area contributed by atoms with Gasteiger partial charge in [-0.1, -0.05) is 41.9 Å². The number of carboxylic acids is 1. The van der Waals surface area contributed by atoms with Crippen molar-refractivity contribution in [2.75, 3.05) is 0 Å². The highest BCUT2D eigenvalue weighted by Gasteiger charge is 2.24. The molecule has 0 saturated heterocycles. The van der Waals surface area contributed by atoms with Crippen molar-refractivity contribution < 1.29 is 14.7 Å². The van der Waals surface area contributed by atoms with E-state index in [9.17, 15) is 14.7 Å². The Balaban J connectivity index is 2.24. The van der Waals surface area contributed by atoms with E-state index in [0.717, 1.165) is 5.56 Å². The van der Waals surface area contributed by atoms with Gasteiger partial charge in [-0.15, -0.1) is 11.3 Å². The molecule has 2 rings (SSSR count). The van der Waals surface area contributed by atoms with Gasteiger partial charge < -0.3 is 10.4 Å². The summed E-state index contributed by atoms with van der Waals surface area (Å²) in [6.07, 6.45) is 0. The van der Waals surface area contributed by atoms with E-state index in [1.807, 2.05) is 0 Å². The molecule has 0 unspecified atom stereocenters. The van der Waals surface area contributed by atoms with Gasteiger partial charge >= 0.3 is 5.97 Å². The molecule has 1 aromatic carbocycles. The predicted molar refractivity (Wildman–Crippen MR) is 78.4 cm³/mol. The van der Waals surface area contributed by atoms with Crippen LogP contribution >= 0.6 is 22.9 Å². The van der Waals surface area contributed by atoms with Crippen molar-refractivity contribution in [2.24, 2.45) is 0 Å². The molecule has 0 bridgehead atoms. The second-order valence-electron chi connectivity index (χ2n) is 4.22. The molecule has 0 aliphatic heterocycles. The first-order valence-corrected chi connectivity index (χ1v) is 7.08. The molecule has 0 aliphatic rings. The number of hydrogen-bond acceptors (Lipinski definition) is 3. The molecule has 0 aliphatic carbocycles. The van der Waals surface area contributed by atoms with Gasteiger partial charge in [0.1, 0.15) is 4.88 Å². The summed E-state index contributed by atoms with van der Waals surface area (Å²) in [5.74, 6) is -1.60. The van der Waals surface area contributed by atoms with E-state index in [2.05, 4.69) is 5.32 Å². The number of rotatable bonds is 4. The van der Waals surface area contributed by atoms with E-state index < -0.39 is 17.9 Å². The number of carboxylic acid groups (broad SMARTS) is 1. The molecule has 0 fully saturated rings. The van der Waals surface area contributed by atoms with Crippen LogP contribution in [0.15, 0.2) is 35.7 Å². The van der Waals surface area contributed by atoms with Crippen LogP contribution < -0.4 is 5.32 Å². The third-order valence-corrected chi connectivity index (χ3v) is 4.46. The van der Waals surface area contributed by atoms with Gasteiger partial charge in [-0.2, -0.15) is 0 Å². The lowest BCUT2D eigenvalue weighted by Crippen LogP contribution is -2.33. The van der Waals surface area contributed by atoms with E-state index in [0.29, 0.717) is 15.5 Å². The fourth-order valence-corrected chi connectivity index (χ4v) is 2.89. The zero-order valence-corrected chi connectivity index (χ0v) is 12.2. The summed E-state index contributed by atoms with van der Waals surface area (Å²) in [5.41, 5.74) is 1.31. The van der Waals surface area contributed by atoms with Crippen LogP contribution in [0.25, 0.3) is 0 Å². The molecule has 20 heavy (non-hydrogen) atoms. The third kappa shape index (κ3) is 3.00. The monoisotopic (exact) mass is 309 g/mol. The van der Waals surface area contributed by atoms with Crippen molar-refractivity contribution in [1.29, 1.82) is 0 Å². The topological polar surface area (TPSA) is 66.4 Å². The maximum Gasteiger partial charge on any atom is 0.330 e. The molecule has 0 radical (unpaired) electrons. The largest absolute Gasteiger partial charge is 0.479 e. The number of carbonyl (C=O) groups excluding carboxylic acids is 1. The highest BCUT2D eigenvalue weighted by molar-refractivity contribution is 7.13. The fraction of sp³-hybridized carbons (Fsp3) is 0.143. The quantitative estimate of drug-likeness (QED) is 0.911. The zero-order valence-electron chi connectivity index (χ0n) is 10.6. The van der Waals surface area contributed by atoms with Crippen LogP contribution in [-0.2, 0) is 4.79 Å². The number of aliphatic carboxylic acids is 1. The maximum absolute atomic E-state index is 12.1. The Labute approximate surface area is 125 Å². The normalized spacial score (nSPS) is 11.9. The lowest BCUT2D eigenvalue weighted by molar-refractivity contribution is -0.139. The van der Waals surface area contributed by atoms with E-state index in [1.165, 1.54) is 11.3 Å². The van der Waals surface area contributed by atoms with Gasteiger partial charge in [-0.3, -0.25) is 4.79 Å². The molecule has 104 valence electrons. The van der Waals surface area contributed by atoms with Crippen molar-refractivity contribution in [2.45, 2.75) is 13.0 Å². The first-order chi connectivity index (χ1) is 9.50. The molecule has 2 N–H and O–H groups in total. The van der Waals surface area contributed by atoms with Crippen LogP contribution in [0.5, 0.6) is 0 Å². The van der Waals surface area contributed by atoms with Crippen molar-refractivity contribution >= 4 is 34.8 Å². The Bertz CT molecular complexity index is 639. The number of aryl methyl sites for hydroxylation is 1. The minimum atomic E-state index is -1.12. The van der Waals surface area contributed by atoms with E-state index >= 15 is 0 Å². The molecule has 1 amide bonds. The highest BCUT2D eigenvalue weighted by atomic mass is 35.5. The molecule has 4 nitrogen and oxygen atoms in total. The van der Waals surface area contributed by atoms with Crippen molar-refractivity contribution in [3.8, 4) is 0 Å². The zero-order chi connectivity index (χ0) is 14.7. The standard InChI is InChI=1S/C14H12ClNO3S/c1-8-7-20-12(10(8)15)13(17)16-11(14(18)19)9-5-3-2-4-6-9/h2-7,11H,1H3,(H,16,17)(H,18,19)/t11-/m0/s1. The second kappa shape index (κ2) is 6.07. The van der Waals surface area contributed by atoms with Crippen molar-refractivity contribution in [1.82, 2.24) is 5.32 Å². The molecule has 6 heteroatoms. The third-order valence-electron chi connectivity index (χ3n) is 2.76. The van der Waals surface area contributed by atoms with Crippen LogP contribution in [0.4, 0.5) is 0 Å². The number of carbonyl (C=O) groups is 2. The number of hydrogen-bond donors (Lipinski definition) is 2. The van der Waals surface area contributed by atoms with E-state index in [1.54, 1.807) is 42.6 Å². The van der Waals surface area contributed by atoms with Crippen LogP contribution in [0.1, 0.15) is 26.8 Å². The Hall–Kier alpha value is -1.85. The number of nitrogens with one attached hydrogen (secondary N) is 1. The Morgan fingerprint density at radius 2 is 1.95 bits per heavy atom. The van der Waals surface area contributed by atoms with Crippen molar-refractivity contribution in [3.63, 3.8) is 0 Å². The predicted octanol–water partition coefficient (Wildman–Crippen LogP) is 3.27. The number of benzene rings is 1. The summed E-state index contributed by atoms with van der Waals surface area (Å²) in [4.78, 5) is 23.8. The molecule has 2 aromatic rings. The van der Waals surface area contributed by atoms with Crippen LogP contribution in [-0.4, -0.2) is 17.0 Å². The number of halogens is 1. The summed E-state index contributed by atoms with van der Waals surface area (Å²) >= 11 is 7.21. The first-order valence-electron chi connectivity index (χ1n) is 5.83. The van der Waals surface area contributed by atoms with Crippen molar-refractivity contribution in [3.05, 3.63) is 56.7 Å². The van der Waals surface area contributed by atoms with Crippen LogP contribution in [0.2, 0.25) is 5.02 Å². The molecular weight excluding hydrogens is 298 g/mol. The molecule has 0 spiro atoms. The summed E-state index contributed by atoms with van der Waals surface area (Å²) < 4.78 is 0. The molecule has 0 saturated carbocycles. The average molecular weight is 310 g/mol. The minimum absolute atomic E-state index is 0.325. The van der Waals surface area contributed by atoms with E-state index in [-0.39, 0.29) is 0 Å². The molecule has 1 atom stereocenters. The summed E-state index contributed by atoms with van der Waals surface area (Å²) in [5, 5.41) is 13.9. The van der Waals surface area contributed by atoms with Gasteiger partial charge in [0.25, 0.3) is 5.91 Å². The van der Waals surface area contributed by atoms with Crippen LogP contribution in [0, 0.1) is 6.92 Å². The maximum atomic E-state index is 12.1. The summed E-state index contributed by atoms with van der Waals surface area (Å²) in [6, 6.07) is 7.44. The second-order valence-corrected chi connectivity index (χ2v) is 5.47. The Morgan fingerprint density at radius 1 is 1.30 bits per heavy atom. The average Bonchev–Trinajstić information content (AvgIpc) is 2.77.